The van der Waals surface area contributed by atoms with Crippen LogP contribution in [0.3, 0.4) is 0 Å². The van der Waals surface area contributed by atoms with Crippen LogP contribution < -0.4 is 5.32 Å². The number of nitriles is 1. The predicted molar refractivity (Wildman–Crippen MR) is 120 cm³/mol. The first-order chi connectivity index (χ1) is 15.3. The van der Waals surface area contributed by atoms with Gasteiger partial charge in [0.25, 0.3) is 0 Å². The topological polar surface area (TPSA) is 78.2 Å². The first-order valence-corrected chi connectivity index (χ1v) is 10.7. The van der Waals surface area contributed by atoms with E-state index < -0.39 is 0 Å². The lowest BCUT2D eigenvalue weighted by molar-refractivity contribution is 0.152. The number of likely N-dealkylation sites (tertiary alicyclic amines) is 1. The van der Waals surface area contributed by atoms with Gasteiger partial charge in [-0.1, -0.05) is 42.8 Å². The number of piperidine rings is 1. The van der Waals surface area contributed by atoms with Crippen LogP contribution >= 0.6 is 0 Å². The van der Waals surface area contributed by atoms with Crippen molar-refractivity contribution in [2.45, 2.75) is 25.3 Å². The van der Waals surface area contributed by atoms with E-state index in [1.165, 1.54) is 19.3 Å². The molecule has 2 aromatic carbocycles. The van der Waals surface area contributed by atoms with Crippen LogP contribution in [0.1, 0.15) is 36.8 Å². The normalized spacial score (nSPS) is 15.6. The highest BCUT2D eigenvalue weighted by molar-refractivity contribution is 5.94. The first-order valence-electron chi connectivity index (χ1n) is 10.7. The third kappa shape index (κ3) is 3.92. The molecule has 1 fully saturated rings. The van der Waals surface area contributed by atoms with E-state index in [0.717, 1.165) is 35.2 Å². The van der Waals surface area contributed by atoms with Gasteiger partial charge in [0, 0.05) is 12.1 Å². The molecule has 0 unspecified atom stereocenters. The average Bonchev–Trinajstić information content (AvgIpc) is 3.50. The van der Waals surface area contributed by atoms with Crippen LogP contribution in [0.15, 0.2) is 69.7 Å². The Labute approximate surface area is 181 Å². The number of anilines is 1. The highest BCUT2D eigenvalue weighted by Gasteiger charge is 2.25. The van der Waals surface area contributed by atoms with Gasteiger partial charge in [0.2, 0.25) is 17.5 Å². The van der Waals surface area contributed by atoms with Crippen LogP contribution in [0.5, 0.6) is 0 Å². The molecule has 1 aliphatic heterocycles. The molecule has 1 aliphatic rings. The molecule has 1 N–H and O–H groups in total. The molecule has 0 amide bonds. The first kappa shape index (κ1) is 19.4. The van der Waals surface area contributed by atoms with Gasteiger partial charge in [0.05, 0.1) is 12.3 Å². The Morgan fingerprint density at radius 2 is 1.87 bits per heavy atom. The highest BCUT2D eigenvalue weighted by Crippen LogP contribution is 2.32. The van der Waals surface area contributed by atoms with Crippen molar-refractivity contribution in [1.82, 2.24) is 9.88 Å². The van der Waals surface area contributed by atoms with Crippen molar-refractivity contribution in [3.8, 4) is 17.5 Å². The van der Waals surface area contributed by atoms with Gasteiger partial charge in [-0.15, -0.1) is 0 Å². The van der Waals surface area contributed by atoms with E-state index in [1.807, 2.05) is 42.5 Å². The largest absolute Gasteiger partial charge is 0.468 e. The Bertz CT molecular complexity index is 1190. The SMILES string of the molecule is N#Cc1nc(-c2cccc3ccccc23)oc1NC[C@H](c1ccco1)N1CCCCC1. The molecule has 1 atom stereocenters. The van der Waals surface area contributed by atoms with Crippen molar-refractivity contribution >= 4 is 16.7 Å². The summed E-state index contributed by atoms with van der Waals surface area (Å²) < 4.78 is 11.8. The molecule has 6 nitrogen and oxygen atoms in total. The van der Waals surface area contributed by atoms with Crippen molar-refractivity contribution in [2.75, 3.05) is 25.0 Å². The molecule has 0 bridgehead atoms. The second-order valence-corrected chi connectivity index (χ2v) is 7.84. The summed E-state index contributed by atoms with van der Waals surface area (Å²) in [7, 11) is 0. The average molecular weight is 412 g/mol. The quantitative estimate of drug-likeness (QED) is 0.444. The second kappa shape index (κ2) is 8.66. The standard InChI is InChI=1S/C25H24N4O2/c26-16-21-25(27-17-22(23-12-7-15-30-23)29-13-4-1-5-14-29)31-24(28-21)20-11-6-9-18-8-2-3-10-19(18)20/h2-3,6-12,15,22,27H,1,4-5,13-14,17H2/t22-/m1/s1. The van der Waals surface area contributed by atoms with Gasteiger partial charge in [-0.2, -0.15) is 10.2 Å². The second-order valence-electron chi connectivity index (χ2n) is 7.84. The fourth-order valence-corrected chi connectivity index (χ4v) is 4.35. The van der Waals surface area contributed by atoms with Gasteiger partial charge < -0.3 is 14.2 Å². The summed E-state index contributed by atoms with van der Waals surface area (Å²) >= 11 is 0. The number of aromatic nitrogens is 1. The molecule has 5 rings (SSSR count). The number of oxazole rings is 1. The van der Waals surface area contributed by atoms with E-state index >= 15 is 0 Å². The summed E-state index contributed by atoms with van der Waals surface area (Å²) in [6.45, 7) is 2.65. The molecular formula is C25H24N4O2. The molecule has 31 heavy (non-hydrogen) atoms. The number of fused-ring (bicyclic) bond motifs is 1. The summed E-state index contributed by atoms with van der Waals surface area (Å²) in [4.78, 5) is 6.91. The van der Waals surface area contributed by atoms with E-state index in [-0.39, 0.29) is 11.7 Å². The van der Waals surface area contributed by atoms with Crippen molar-refractivity contribution in [3.05, 3.63) is 72.3 Å². The van der Waals surface area contributed by atoms with E-state index in [0.29, 0.717) is 18.3 Å². The fraction of sp³-hybridized carbons (Fsp3) is 0.280. The van der Waals surface area contributed by atoms with Crippen LogP contribution in [-0.2, 0) is 0 Å². The Kier molecular flexibility index (Phi) is 5.42. The Morgan fingerprint density at radius 1 is 1.03 bits per heavy atom. The van der Waals surface area contributed by atoms with Crippen LogP contribution in [0.25, 0.3) is 22.2 Å². The summed E-state index contributed by atoms with van der Waals surface area (Å²) in [6, 6.07) is 20.3. The smallest absolute Gasteiger partial charge is 0.232 e. The maximum atomic E-state index is 9.65. The lowest BCUT2D eigenvalue weighted by atomic mass is 10.0. The van der Waals surface area contributed by atoms with Crippen molar-refractivity contribution in [2.24, 2.45) is 0 Å². The molecule has 0 saturated carbocycles. The number of rotatable bonds is 6. The molecule has 0 radical (unpaired) electrons. The van der Waals surface area contributed by atoms with Crippen LogP contribution in [-0.4, -0.2) is 29.5 Å². The van der Waals surface area contributed by atoms with E-state index in [4.69, 9.17) is 8.83 Å². The lowest BCUT2D eigenvalue weighted by Gasteiger charge is -2.33. The lowest BCUT2D eigenvalue weighted by Crippen LogP contribution is -2.37. The van der Waals surface area contributed by atoms with Gasteiger partial charge in [0.15, 0.2) is 0 Å². The minimum absolute atomic E-state index is 0.0768. The molecule has 2 aromatic heterocycles. The minimum Gasteiger partial charge on any atom is -0.468 e. The number of hydrogen-bond donors (Lipinski definition) is 1. The Hall–Kier alpha value is -3.56. The summed E-state index contributed by atoms with van der Waals surface area (Å²) in [5, 5.41) is 15.1. The van der Waals surface area contributed by atoms with Crippen LogP contribution in [0.2, 0.25) is 0 Å². The molecule has 156 valence electrons. The Balaban J connectivity index is 1.43. The van der Waals surface area contributed by atoms with E-state index in [9.17, 15) is 5.26 Å². The van der Waals surface area contributed by atoms with E-state index in [2.05, 4.69) is 33.4 Å². The number of hydrogen-bond acceptors (Lipinski definition) is 6. The van der Waals surface area contributed by atoms with Gasteiger partial charge in [-0.05, 0) is 54.9 Å². The number of benzene rings is 2. The molecule has 3 heterocycles. The van der Waals surface area contributed by atoms with Crippen LogP contribution in [0.4, 0.5) is 5.88 Å². The Morgan fingerprint density at radius 3 is 2.68 bits per heavy atom. The summed E-state index contributed by atoms with van der Waals surface area (Å²) in [5.41, 5.74) is 1.14. The molecular weight excluding hydrogens is 388 g/mol. The molecule has 4 aromatic rings. The van der Waals surface area contributed by atoms with Crippen molar-refractivity contribution < 1.29 is 8.83 Å². The minimum atomic E-state index is 0.0768. The maximum absolute atomic E-state index is 9.65. The van der Waals surface area contributed by atoms with Gasteiger partial charge in [-0.3, -0.25) is 4.90 Å². The van der Waals surface area contributed by atoms with Crippen molar-refractivity contribution in [3.63, 3.8) is 0 Å². The number of nitrogens with zero attached hydrogens (tertiary/aromatic N) is 3. The molecule has 0 spiro atoms. The van der Waals surface area contributed by atoms with Crippen LogP contribution in [0, 0.1) is 11.3 Å². The predicted octanol–water partition coefficient (Wildman–Crippen LogP) is 5.60. The van der Waals surface area contributed by atoms with Crippen molar-refractivity contribution in [1.29, 1.82) is 5.26 Å². The van der Waals surface area contributed by atoms with Gasteiger partial charge in [-0.25, -0.2) is 0 Å². The van der Waals surface area contributed by atoms with Gasteiger partial charge >= 0.3 is 0 Å². The third-order valence-corrected chi connectivity index (χ3v) is 5.91. The molecule has 1 saturated heterocycles. The molecule has 0 aliphatic carbocycles. The zero-order valence-corrected chi connectivity index (χ0v) is 17.3. The number of furan rings is 1. The third-order valence-electron chi connectivity index (χ3n) is 5.91. The summed E-state index contributed by atoms with van der Waals surface area (Å²) in [5.74, 6) is 1.77. The number of nitrogens with one attached hydrogen (secondary N) is 1. The fourth-order valence-electron chi connectivity index (χ4n) is 4.35. The zero-order chi connectivity index (χ0) is 21.0. The van der Waals surface area contributed by atoms with E-state index in [1.54, 1.807) is 6.26 Å². The highest BCUT2D eigenvalue weighted by atomic mass is 16.4. The monoisotopic (exact) mass is 412 g/mol. The summed E-state index contributed by atoms with van der Waals surface area (Å²) in [6.07, 6.45) is 5.35. The van der Waals surface area contributed by atoms with Gasteiger partial charge in [0.1, 0.15) is 11.8 Å². The maximum Gasteiger partial charge on any atom is 0.232 e. The zero-order valence-electron chi connectivity index (χ0n) is 17.3. The molecule has 6 heteroatoms.